The third-order valence-electron chi connectivity index (χ3n) is 1.15. The van der Waals surface area contributed by atoms with Crippen molar-refractivity contribution in [2.75, 3.05) is 12.0 Å². The summed E-state index contributed by atoms with van der Waals surface area (Å²) in [6, 6.07) is 5.60. The van der Waals surface area contributed by atoms with Gasteiger partial charge in [-0.3, -0.25) is 5.43 Å². The summed E-state index contributed by atoms with van der Waals surface area (Å²) in [5.41, 5.74) is 11.9. The summed E-state index contributed by atoms with van der Waals surface area (Å²) in [5, 5.41) is 0. The minimum absolute atomic E-state index is 0.719. The molecule has 1 aromatic heterocycles. The molecule has 12 heavy (non-hydrogen) atoms. The second-order valence-corrected chi connectivity index (χ2v) is 2.05. The summed E-state index contributed by atoms with van der Waals surface area (Å²) in [4.78, 5) is 4.02. The zero-order valence-electron chi connectivity index (χ0n) is 6.91. The van der Waals surface area contributed by atoms with E-state index in [0.717, 1.165) is 12.4 Å². The van der Waals surface area contributed by atoms with Gasteiger partial charge in [0.15, 0.2) is 0 Å². The summed E-state index contributed by atoms with van der Waals surface area (Å²) in [6.45, 7) is 2.66. The molecular weight excluding hydrogens is 154 g/mol. The molecule has 0 saturated heterocycles. The van der Waals surface area contributed by atoms with Crippen LogP contribution >= 0.6 is 0 Å². The molecule has 0 bridgehead atoms. The van der Waals surface area contributed by atoms with Crippen molar-refractivity contribution in [1.29, 1.82) is 0 Å². The monoisotopic (exact) mass is 166 g/mol. The first-order chi connectivity index (χ1) is 5.93. The van der Waals surface area contributed by atoms with E-state index in [9.17, 15) is 0 Å². The Balaban J connectivity index is 2.16. The molecule has 0 fully saturated rings. The highest BCUT2D eigenvalue weighted by atomic mass is 15.7. The van der Waals surface area contributed by atoms with E-state index < -0.39 is 0 Å². The van der Waals surface area contributed by atoms with Gasteiger partial charge in [-0.15, -0.1) is 6.54 Å². The molecule has 66 valence electrons. The molecule has 0 radical (unpaired) electrons. The van der Waals surface area contributed by atoms with Crippen LogP contribution in [0, 0.1) is 0 Å². The van der Waals surface area contributed by atoms with Gasteiger partial charge in [-0.2, -0.15) is 5.53 Å². The van der Waals surface area contributed by atoms with Crippen LogP contribution in [0.15, 0.2) is 24.4 Å². The van der Waals surface area contributed by atoms with Gasteiger partial charge < -0.3 is 11.0 Å². The lowest BCUT2D eigenvalue weighted by Gasteiger charge is -2.19. The predicted octanol–water partition coefficient (Wildman–Crippen LogP) is 0.811. The molecule has 0 saturated carbocycles. The van der Waals surface area contributed by atoms with Crippen molar-refractivity contribution in [2.24, 2.45) is 0 Å². The maximum absolute atomic E-state index is 4.02. The predicted molar refractivity (Wildman–Crippen MR) is 48.0 cm³/mol. The van der Waals surface area contributed by atoms with Crippen LogP contribution in [-0.4, -0.2) is 11.5 Å². The highest BCUT2D eigenvalue weighted by molar-refractivity contribution is 5.31. The van der Waals surface area contributed by atoms with Gasteiger partial charge in [0.05, 0.1) is 0 Å². The molecule has 1 heterocycles. The largest absolute Gasteiger partial charge is 0.581 e. The molecule has 0 aliphatic rings. The first-order valence-electron chi connectivity index (χ1n) is 3.77. The molecule has 5 nitrogen and oxygen atoms in total. The first-order valence-corrected chi connectivity index (χ1v) is 3.77. The van der Waals surface area contributed by atoms with E-state index in [1.54, 1.807) is 6.20 Å². The lowest BCUT2D eigenvalue weighted by molar-refractivity contribution is 0.671. The molecule has 0 unspecified atom stereocenters. The van der Waals surface area contributed by atoms with Crippen molar-refractivity contribution in [3.8, 4) is 0 Å². The molecule has 5 heteroatoms. The second kappa shape index (κ2) is 5.48. The molecule has 0 aliphatic heterocycles. The number of hydrogen-bond acceptors (Lipinski definition) is 4. The van der Waals surface area contributed by atoms with Gasteiger partial charge in [-0.25, -0.2) is 4.98 Å². The van der Waals surface area contributed by atoms with Crippen LogP contribution in [0.2, 0.25) is 0 Å². The first kappa shape index (κ1) is 8.92. The van der Waals surface area contributed by atoms with Gasteiger partial charge in [0.25, 0.3) is 0 Å². The minimum Gasteiger partial charge on any atom is -0.581 e. The Kier molecular flexibility index (Phi) is 4.07. The quantitative estimate of drug-likeness (QED) is 0.447. The number of hydrogen-bond donors (Lipinski definition) is 3. The van der Waals surface area contributed by atoms with Crippen molar-refractivity contribution in [3.63, 3.8) is 0 Å². The topological polar surface area (TPSA) is 63.1 Å². The molecule has 0 aromatic carbocycles. The minimum atomic E-state index is 0.719. The highest BCUT2D eigenvalue weighted by Crippen LogP contribution is 1.95. The molecule has 0 amide bonds. The molecule has 0 aliphatic carbocycles. The fourth-order valence-corrected chi connectivity index (χ4v) is 0.647. The van der Waals surface area contributed by atoms with Gasteiger partial charge in [0, 0.05) is 6.20 Å². The van der Waals surface area contributed by atoms with Crippen molar-refractivity contribution < 1.29 is 0 Å². The van der Waals surface area contributed by atoms with Crippen LogP contribution in [0.4, 0.5) is 5.82 Å². The van der Waals surface area contributed by atoms with Crippen molar-refractivity contribution in [2.45, 2.75) is 6.92 Å². The summed E-state index contributed by atoms with van der Waals surface area (Å²) >= 11 is 0. The molecule has 0 atom stereocenters. The number of aromatic nitrogens is 1. The van der Waals surface area contributed by atoms with Crippen molar-refractivity contribution in [3.05, 3.63) is 29.8 Å². The smallest absolute Gasteiger partial charge is 0.141 e. The summed E-state index contributed by atoms with van der Waals surface area (Å²) < 4.78 is 0. The van der Waals surface area contributed by atoms with E-state index in [1.165, 1.54) is 0 Å². The van der Waals surface area contributed by atoms with E-state index in [-0.39, 0.29) is 0 Å². The van der Waals surface area contributed by atoms with E-state index in [1.807, 2.05) is 25.1 Å². The SMILES string of the molecule is CC[N-]NNNc1ccccn1. The fraction of sp³-hybridized carbons (Fsp3) is 0.286. The van der Waals surface area contributed by atoms with Gasteiger partial charge in [-0.05, 0) is 12.1 Å². The Morgan fingerprint density at radius 1 is 1.50 bits per heavy atom. The van der Waals surface area contributed by atoms with Crippen LogP contribution < -0.4 is 16.5 Å². The van der Waals surface area contributed by atoms with E-state index in [0.29, 0.717) is 0 Å². The van der Waals surface area contributed by atoms with E-state index in [2.05, 4.69) is 26.9 Å². The number of anilines is 1. The van der Waals surface area contributed by atoms with Crippen LogP contribution in [-0.2, 0) is 0 Å². The Morgan fingerprint density at radius 3 is 3.08 bits per heavy atom. The number of nitrogens with one attached hydrogen (secondary N) is 3. The number of rotatable bonds is 5. The van der Waals surface area contributed by atoms with E-state index >= 15 is 0 Å². The average Bonchev–Trinajstić information content (AvgIpc) is 2.14. The maximum Gasteiger partial charge on any atom is 0.141 e. The van der Waals surface area contributed by atoms with Crippen LogP contribution in [0.5, 0.6) is 0 Å². The third kappa shape index (κ3) is 3.29. The standard InChI is InChI=1S/C7H12N5/c1-2-9-11-12-10-7-5-3-4-6-8-7/h3-6,11-12H,2H2,1H3,(H,8,10)/q-1. The number of pyridine rings is 1. The van der Waals surface area contributed by atoms with Crippen molar-refractivity contribution in [1.82, 2.24) is 16.1 Å². The molecule has 0 spiro atoms. The maximum atomic E-state index is 4.02. The average molecular weight is 166 g/mol. The number of hydrazine groups is 2. The van der Waals surface area contributed by atoms with Crippen molar-refractivity contribution >= 4 is 5.82 Å². The lowest BCUT2D eigenvalue weighted by atomic mass is 10.5. The highest BCUT2D eigenvalue weighted by Gasteiger charge is 1.84. The van der Waals surface area contributed by atoms with E-state index in [4.69, 9.17) is 0 Å². The third-order valence-corrected chi connectivity index (χ3v) is 1.15. The Hall–Kier alpha value is -1.17. The van der Waals surface area contributed by atoms with Gasteiger partial charge in [0.2, 0.25) is 0 Å². The number of nitrogens with zero attached hydrogens (tertiary/aromatic N) is 2. The van der Waals surface area contributed by atoms with Crippen LogP contribution in [0.3, 0.4) is 0 Å². The lowest BCUT2D eigenvalue weighted by Crippen LogP contribution is -2.33. The van der Waals surface area contributed by atoms with Gasteiger partial charge in [-0.1, -0.05) is 13.0 Å². The summed E-state index contributed by atoms with van der Waals surface area (Å²) in [6.07, 6.45) is 1.71. The van der Waals surface area contributed by atoms with Gasteiger partial charge in [0.1, 0.15) is 5.82 Å². The summed E-state index contributed by atoms with van der Waals surface area (Å²) in [7, 11) is 0. The second-order valence-electron chi connectivity index (χ2n) is 2.05. The zero-order valence-corrected chi connectivity index (χ0v) is 6.91. The van der Waals surface area contributed by atoms with Crippen LogP contribution in [0.25, 0.3) is 5.43 Å². The zero-order chi connectivity index (χ0) is 8.65. The molecule has 1 rings (SSSR count). The molecule has 3 N–H and O–H groups in total. The normalized spacial score (nSPS) is 9.75. The summed E-state index contributed by atoms with van der Waals surface area (Å²) in [5.74, 6) is 0.747. The van der Waals surface area contributed by atoms with Crippen LogP contribution in [0.1, 0.15) is 6.92 Å². The molecular formula is C7H12N5-. The molecule has 1 aromatic rings. The van der Waals surface area contributed by atoms with Gasteiger partial charge >= 0.3 is 0 Å². The fourth-order valence-electron chi connectivity index (χ4n) is 0.647. The Morgan fingerprint density at radius 2 is 2.42 bits per heavy atom. The Labute approximate surface area is 71.5 Å². The Bertz CT molecular complexity index is 200.